The number of aromatic amines is 1. The molecule has 1 saturated heterocycles. The lowest BCUT2D eigenvalue weighted by Gasteiger charge is -2.33. The van der Waals surface area contributed by atoms with Crippen LogP contribution in [0.1, 0.15) is 10.5 Å². The average molecular weight is 356 g/mol. The molecule has 3 heterocycles. The molecule has 25 heavy (non-hydrogen) atoms. The number of amides is 1. The van der Waals surface area contributed by atoms with Gasteiger partial charge in [-0.25, -0.2) is 4.98 Å². The number of thiazole rings is 1. The molecule has 1 aliphatic rings. The molecular formula is C18H20N4O2S. The highest BCUT2D eigenvalue weighted by molar-refractivity contribution is 7.13. The average Bonchev–Trinajstić information content (AvgIpc) is 3.29. The molecule has 0 unspecified atom stereocenters. The number of β-amino-alcohol motifs (C(OH)–C–C–N with tert-alkyl or cyclic N) is 1. The fraction of sp³-hybridized carbons (Fsp3) is 0.333. The van der Waals surface area contributed by atoms with Crippen LogP contribution in [0.3, 0.4) is 0 Å². The fourth-order valence-corrected chi connectivity index (χ4v) is 3.93. The Morgan fingerprint density at radius 3 is 2.80 bits per heavy atom. The molecule has 0 spiro atoms. The Bertz CT molecular complexity index is 847. The highest BCUT2D eigenvalue weighted by Crippen LogP contribution is 2.27. The lowest BCUT2D eigenvalue weighted by atomic mass is 10.2. The van der Waals surface area contributed by atoms with Crippen molar-refractivity contribution in [2.45, 2.75) is 0 Å². The Morgan fingerprint density at radius 1 is 1.24 bits per heavy atom. The first-order valence-corrected chi connectivity index (χ1v) is 9.29. The largest absolute Gasteiger partial charge is 0.395 e. The minimum Gasteiger partial charge on any atom is -0.395 e. The van der Waals surface area contributed by atoms with E-state index in [0.29, 0.717) is 25.3 Å². The molecule has 1 aromatic carbocycles. The summed E-state index contributed by atoms with van der Waals surface area (Å²) in [4.78, 5) is 24.6. The van der Waals surface area contributed by atoms with Crippen molar-refractivity contribution in [3.8, 4) is 10.7 Å². The number of aliphatic hydroxyl groups is 1. The molecule has 6 nitrogen and oxygen atoms in total. The first-order valence-electron chi connectivity index (χ1n) is 8.41. The molecule has 7 heteroatoms. The topological polar surface area (TPSA) is 72.5 Å². The fourth-order valence-electron chi connectivity index (χ4n) is 3.16. The van der Waals surface area contributed by atoms with Crippen molar-refractivity contribution in [1.82, 2.24) is 19.8 Å². The number of benzene rings is 1. The van der Waals surface area contributed by atoms with E-state index in [1.54, 1.807) is 0 Å². The predicted octanol–water partition coefficient (Wildman–Crippen LogP) is 2.04. The minimum atomic E-state index is -0.0118. The Hall–Kier alpha value is -2.22. The highest BCUT2D eigenvalue weighted by atomic mass is 32.1. The second-order valence-electron chi connectivity index (χ2n) is 6.17. The second kappa shape index (κ2) is 6.95. The van der Waals surface area contributed by atoms with Gasteiger partial charge in [-0.05, 0) is 12.1 Å². The van der Waals surface area contributed by atoms with Crippen molar-refractivity contribution in [3.63, 3.8) is 0 Å². The number of hydrogen-bond donors (Lipinski definition) is 2. The lowest BCUT2D eigenvalue weighted by Crippen LogP contribution is -2.49. The summed E-state index contributed by atoms with van der Waals surface area (Å²) in [5.74, 6) is -0.0118. The van der Waals surface area contributed by atoms with Crippen molar-refractivity contribution >= 4 is 28.1 Å². The summed E-state index contributed by atoms with van der Waals surface area (Å²) in [6.45, 7) is 3.78. The quantitative estimate of drug-likeness (QED) is 0.750. The van der Waals surface area contributed by atoms with Gasteiger partial charge in [0.05, 0.1) is 12.3 Å². The maximum Gasteiger partial charge on any atom is 0.273 e. The van der Waals surface area contributed by atoms with Crippen LogP contribution in [0.2, 0.25) is 0 Å². The summed E-state index contributed by atoms with van der Waals surface area (Å²) in [6.07, 6.45) is 0. The Kier molecular flexibility index (Phi) is 4.52. The molecule has 1 amide bonds. The van der Waals surface area contributed by atoms with E-state index < -0.39 is 0 Å². The zero-order valence-corrected chi connectivity index (χ0v) is 14.6. The molecule has 1 fully saturated rings. The lowest BCUT2D eigenvalue weighted by molar-refractivity contribution is 0.0610. The van der Waals surface area contributed by atoms with Gasteiger partial charge in [-0.1, -0.05) is 18.2 Å². The van der Waals surface area contributed by atoms with Gasteiger partial charge < -0.3 is 15.0 Å². The molecule has 2 N–H and O–H groups in total. The van der Waals surface area contributed by atoms with Gasteiger partial charge in [0, 0.05) is 49.0 Å². The maximum absolute atomic E-state index is 12.7. The third-order valence-electron chi connectivity index (χ3n) is 4.56. The molecule has 3 aromatic rings. The van der Waals surface area contributed by atoms with E-state index >= 15 is 0 Å². The van der Waals surface area contributed by atoms with Gasteiger partial charge in [-0.2, -0.15) is 0 Å². The van der Waals surface area contributed by atoms with E-state index in [4.69, 9.17) is 5.11 Å². The van der Waals surface area contributed by atoms with E-state index in [9.17, 15) is 4.79 Å². The molecule has 0 aliphatic carbocycles. The Balaban J connectivity index is 1.48. The van der Waals surface area contributed by atoms with Crippen molar-refractivity contribution in [2.24, 2.45) is 0 Å². The monoisotopic (exact) mass is 356 g/mol. The van der Waals surface area contributed by atoms with Gasteiger partial charge in [0.25, 0.3) is 5.91 Å². The Morgan fingerprint density at radius 2 is 2.04 bits per heavy atom. The van der Waals surface area contributed by atoms with Crippen LogP contribution in [-0.2, 0) is 0 Å². The summed E-state index contributed by atoms with van der Waals surface area (Å²) in [5, 5.41) is 12.8. The standard InChI is InChI=1S/C18H20N4O2S/c23-10-9-21-5-7-22(8-6-21)18(24)16-12-25-17(20-16)15-11-13-3-1-2-4-14(13)19-15/h1-4,11-12,19,23H,5-10H2. The van der Waals surface area contributed by atoms with Crippen molar-refractivity contribution < 1.29 is 9.90 Å². The molecule has 130 valence electrons. The highest BCUT2D eigenvalue weighted by Gasteiger charge is 2.23. The van der Waals surface area contributed by atoms with E-state index in [1.807, 2.05) is 28.5 Å². The molecule has 4 rings (SSSR count). The number of H-pyrrole nitrogens is 1. The van der Waals surface area contributed by atoms with Crippen LogP contribution in [0.15, 0.2) is 35.7 Å². The number of para-hydroxylation sites is 1. The summed E-state index contributed by atoms with van der Waals surface area (Å²) in [7, 11) is 0. The van der Waals surface area contributed by atoms with Crippen LogP contribution >= 0.6 is 11.3 Å². The number of fused-ring (bicyclic) bond motifs is 1. The summed E-state index contributed by atoms with van der Waals surface area (Å²) >= 11 is 1.49. The zero-order chi connectivity index (χ0) is 17.2. The van der Waals surface area contributed by atoms with Crippen LogP contribution in [0.25, 0.3) is 21.6 Å². The summed E-state index contributed by atoms with van der Waals surface area (Å²) < 4.78 is 0. The van der Waals surface area contributed by atoms with Crippen molar-refractivity contribution in [3.05, 3.63) is 41.4 Å². The first-order chi connectivity index (χ1) is 12.2. The van der Waals surface area contributed by atoms with Crippen molar-refractivity contribution in [1.29, 1.82) is 0 Å². The van der Waals surface area contributed by atoms with Crippen molar-refractivity contribution in [2.75, 3.05) is 39.3 Å². The number of piperazine rings is 1. The second-order valence-corrected chi connectivity index (χ2v) is 7.02. The van der Waals surface area contributed by atoms with Crippen LogP contribution in [0, 0.1) is 0 Å². The number of rotatable bonds is 4. The van der Waals surface area contributed by atoms with Gasteiger partial charge >= 0.3 is 0 Å². The predicted molar refractivity (Wildman–Crippen MR) is 98.8 cm³/mol. The molecule has 2 aromatic heterocycles. The summed E-state index contributed by atoms with van der Waals surface area (Å²) in [6, 6.07) is 10.2. The molecular weight excluding hydrogens is 336 g/mol. The molecule has 1 aliphatic heterocycles. The SMILES string of the molecule is O=C(c1csc(-c2cc3ccccc3[nH]2)n1)N1CCN(CCO)CC1. The van der Waals surface area contributed by atoms with Gasteiger partial charge in [0.15, 0.2) is 0 Å². The molecule has 0 bridgehead atoms. The molecule has 0 atom stereocenters. The number of aromatic nitrogens is 2. The van der Waals surface area contributed by atoms with E-state index in [2.05, 4.69) is 27.0 Å². The number of carbonyl (C=O) groups excluding carboxylic acids is 1. The number of nitrogens with one attached hydrogen (secondary N) is 1. The number of hydrogen-bond acceptors (Lipinski definition) is 5. The Labute approximate surface area is 149 Å². The van der Waals surface area contributed by atoms with Crippen LogP contribution in [-0.4, -0.2) is 70.1 Å². The first kappa shape index (κ1) is 16.3. The van der Waals surface area contributed by atoms with Crippen LogP contribution < -0.4 is 0 Å². The van der Waals surface area contributed by atoms with E-state index in [-0.39, 0.29) is 12.5 Å². The van der Waals surface area contributed by atoms with Gasteiger partial charge in [0.1, 0.15) is 10.7 Å². The summed E-state index contributed by atoms with van der Waals surface area (Å²) in [5.41, 5.74) is 2.52. The maximum atomic E-state index is 12.7. The van der Waals surface area contributed by atoms with Gasteiger partial charge in [0.2, 0.25) is 0 Å². The van der Waals surface area contributed by atoms with E-state index in [1.165, 1.54) is 11.3 Å². The minimum absolute atomic E-state index is 0.0118. The third kappa shape index (κ3) is 3.30. The van der Waals surface area contributed by atoms with Crippen LogP contribution in [0.4, 0.5) is 0 Å². The van der Waals surface area contributed by atoms with Gasteiger partial charge in [-0.3, -0.25) is 9.69 Å². The normalized spacial score (nSPS) is 15.8. The molecule has 0 radical (unpaired) electrons. The van der Waals surface area contributed by atoms with Crippen LogP contribution in [0.5, 0.6) is 0 Å². The smallest absolute Gasteiger partial charge is 0.273 e. The van der Waals surface area contributed by atoms with E-state index in [0.717, 1.165) is 34.7 Å². The third-order valence-corrected chi connectivity index (χ3v) is 5.43. The van der Waals surface area contributed by atoms with Gasteiger partial charge in [-0.15, -0.1) is 11.3 Å². The molecule has 0 saturated carbocycles. The number of carbonyl (C=O) groups is 1. The zero-order valence-electron chi connectivity index (χ0n) is 13.8. The number of aliphatic hydroxyl groups excluding tert-OH is 1. The number of nitrogens with zero attached hydrogens (tertiary/aromatic N) is 3.